The van der Waals surface area contributed by atoms with Crippen molar-refractivity contribution in [3.05, 3.63) is 23.5 Å². The van der Waals surface area contributed by atoms with Crippen LogP contribution >= 0.6 is 0 Å². The zero-order valence-corrected chi connectivity index (χ0v) is 8.06. The lowest BCUT2D eigenvalue weighted by molar-refractivity contribution is -0.141. The molecule has 0 aromatic heterocycles. The van der Waals surface area contributed by atoms with Crippen LogP contribution < -0.4 is 0 Å². The number of hydrogen-bond acceptors (Lipinski definition) is 5. The first kappa shape index (κ1) is 9.64. The Labute approximate surface area is 85.8 Å². The molecular weight excluding hydrogens is 198 g/mol. The van der Waals surface area contributed by atoms with Gasteiger partial charge in [0.2, 0.25) is 5.78 Å². The van der Waals surface area contributed by atoms with Crippen molar-refractivity contribution in [3.8, 4) is 0 Å². The monoisotopic (exact) mass is 207 g/mol. The second-order valence-corrected chi connectivity index (χ2v) is 3.32. The summed E-state index contributed by atoms with van der Waals surface area (Å²) >= 11 is 0. The molecule has 0 saturated carbocycles. The summed E-state index contributed by atoms with van der Waals surface area (Å²) in [6.07, 6.45) is 2.94. The van der Waals surface area contributed by atoms with Crippen LogP contribution in [0.4, 0.5) is 0 Å². The first-order chi connectivity index (χ1) is 7.11. The van der Waals surface area contributed by atoms with Gasteiger partial charge in [0.1, 0.15) is 0 Å². The average Bonchev–Trinajstić information content (AvgIpc) is 2.60. The molecule has 15 heavy (non-hydrogen) atoms. The van der Waals surface area contributed by atoms with Gasteiger partial charge in [-0.2, -0.15) is 0 Å². The van der Waals surface area contributed by atoms with E-state index in [0.29, 0.717) is 17.7 Å². The predicted molar refractivity (Wildman–Crippen MR) is 51.7 cm³/mol. The minimum absolute atomic E-state index is 0.344. The number of ketones is 1. The highest BCUT2D eigenvalue weighted by Gasteiger charge is 2.31. The number of hydrogen-bond donors (Lipinski definition) is 1. The van der Waals surface area contributed by atoms with Crippen molar-refractivity contribution in [2.75, 3.05) is 7.11 Å². The number of aliphatic hydroxyl groups is 1. The third-order valence-corrected chi connectivity index (χ3v) is 2.34. The molecular formula is C10H9NO4. The average molecular weight is 207 g/mol. The molecule has 5 nitrogen and oxygen atoms in total. The van der Waals surface area contributed by atoms with E-state index in [1.807, 2.05) is 0 Å². The summed E-state index contributed by atoms with van der Waals surface area (Å²) in [7, 11) is 1.29. The highest BCUT2D eigenvalue weighted by atomic mass is 16.5. The van der Waals surface area contributed by atoms with Crippen molar-refractivity contribution in [1.82, 2.24) is 0 Å². The van der Waals surface area contributed by atoms with Crippen LogP contribution in [0.25, 0.3) is 0 Å². The summed E-state index contributed by atoms with van der Waals surface area (Å²) in [5.41, 5.74) is 1.16. The van der Waals surface area contributed by atoms with E-state index in [0.717, 1.165) is 0 Å². The fourth-order valence-electron chi connectivity index (χ4n) is 1.58. The first-order valence-electron chi connectivity index (χ1n) is 4.43. The minimum Gasteiger partial charge on any atom is -0.504 e. The SMILES string of the molecule is COC(=O)[C@@H]1CC2=CC(=O)C(O)=CC2=N1. The summed E-state index contributed by atoms with van der Waals surface area (Å²) in [6, 6.07) is -0.591. The number of carbonyl (C=O) groups excluding carboxylic acids is 2. The summed E-state index contributed by atoms with van der Waals surface area (Å²) in [6.45, 7) is 0. The van der Waals surface area contributed by atoms with E-state index in [-0.39, 0.29) is 5.76 Å². The molecule has 0 aromatic rings. The number of carbonyl (C=O) groups is 2. The Bertz CT molecular complexity index is 431. The van der Waals surface area contributed by atoms with E-state index < -0.39 is 17.8 Å². The maximum absolute atomic E-state index is 11.2. The number of ether oxygens (including phenoxy) is 1. The molecule has 1 aliphatic heterocycles. The molecule has 2 rings (SSSR count). The van der Waals surface area contributed by atoms with Crippen molar-refractivity contribution < 1.29 is 19.4 Å². The maximum atomic E-state index is 11.2. The normalized spacial score (nSPS) is 23.9. The maximum Gasteiger partial charge on any atom is 0.330 e. The van der Waals surface area contributed by atoms with Crippen LogP contribution in [0, 0.1) is 0 Å². The Morgan fingerprint density at radius 1 is 1.60 bits per heavy atom. The highest BCUT2D eigenvalue weighted by molar-refractivity contribution is 6.22. The number of allylic oxidation sites excluding steroid dienone is 2. The Morgan fingerprint density at radius 2 is 2.33 bits per heavy atom. The molecule has 0 radical (unpaired) electrons. The smallest absolute Gasteiger partial charge is 0.330 e. The summed E-state index contributed by atoms with van der Waals surface area (Å²) in [5, 5.41) is 9.18. The van der Waals surface area contributed by atoms with Gasteiger partial charge in [-0.3, -0.25) is 9.79 Å². The number of fused-ring (bicyclic) bond motifs is 1. The molecule has 5 heteroatoms. The molecule has 0 unspecified atom stereocenters. The Hall–Kier alpha value is -1.91. The molecule has 1 N–H and O–H groups in total. The molecule has 0 aromatic carbocycles. The van der Waals surface area contributed by atoms with Crippen LogP contribution in [-0.4, -0.2) is 35.7 Å². The fraction of sp³-hybridized carbons (Fsp3) is 0.300. The zero-order chi connectivity index (χ0) is 11.0. The lowest BCUT2D eigenvalue weighted by atomic mass is 10.00. The van der Waals surface area contributed by atoms with Gasteiger partial charge < -0.3 is 9.84 Å². The standard InChI is InChI=1S/C10H9NO4/c1-15-10(14)7-2-5-3-8(12)9(13)4-6(5)11-7/h3-4,7,13H,2H2,1H3/t7-/m0/s1. The van der Waals surface area contributed by atoms with Crippen molar-refractivity contribution in [2.24, 2.45) is 4.99 Å². The molecule has 0 saturated heterocycles. The quantitative estimate of drug-likeness (QED) is 0.496. The van der Waals surface area contributed by atoms with E-state index >= 15 is 0 Å². The molecule has 0 spiro atoms. The molecule has 0 fully saturated rings. The Balaban J connectivity index is 2.29. The van der Waals surface area contributed by atoms with Crippen molar-refractivity contribution >= 4 is 17.5 Å². The van der Waals surface area contributed by atoms with Crippen LogP contribution in [0.2, 0.25) is 0 Å². The molecule has 78 valence electrons. The number of aliphatic hydroxyl groups excluding tert-OH is 1. The van der Waals surface area contributed by atoms with Gasteiger partial charge in [-0.05, 0) is 11.6 Å². The third kappa shape index (κ3) is 1.56. The zero-order valence-electron chi connectivity index (χ0n) is 8.06. The summed E-state index contributed by atoms with van der Waals surface area (Å²) in [4.78, 5) is 26.4. The number of aliphatic imine (C=N–C) groups is 1. The molecule has 1 atom stereocenters. The van der Waals surface area contributed by atoms with Crippen molar-refractivity contribution in [3.63, 3.8) is 0 Å². The topological polar surface area (TPSA) is 76.0 Å². The number of rotatable bonds is 1. The van der Waals surface area contributed by atoms with Crippen LogP contribution in [0.15, 0.2) is 28.5 Å². The summed E-state index contributed by atoms with van der Waals surface area (Å²) < 4.78 is 4.55. The molecule has 2 aliphatic rings. The second-order valence-electron chi connectivity index (χ2n) is 3.32. The van der Waals surface area contributed by atoms with E-state index in [1.54, 1.807) is 0 Å². The molecule has 1 aliphatic carbocycles. The molecule has 1 heterocycles. The first-order valence-corrected chi connectivity index (χ1v) is 4.43. The molecule has 0 amide bonds. The number of esters is 1. The largest absolute Gasteiger partial charge is 0.504 e. The van der Waals surface area contributed by atoms with Gasteiger partial charge in [0, 0.05) is 12.5 Å². The van der Waals surface area contributed by atoms with Gasteiger partial charge in [0.15, 0.2) is 11.8 Å². The van der Waals surface area contributed by atoms with E-state index in [1.165, 1.54) is 19.3 Å². The van der Waals surface area contributed by atoms with Crippen molar-refractivity contribution in [2.45, 2.75) is 12.5 Å². The molecule has 0 bridgehead atoms. The van der Waals surface area contributed by atoms with Crippen LogP contribution in [0.3, 0.4) is 0 Å². The lowest BCUT2D eigenvalue weighted by Crippen LogP contribution is -2.17. The Morgan fingerprint density at radius 3 is 3.00 bits per heavy atom. The van der Waals surface area contributed by atoms with Gasteiger partial charge in [0.25, 0.3) is 0 Å². The van der Waals surface area contributed by atoms with E-state index in [2.05, 4.69) is 9.73 Å². The van der Waals surface area contributed by atoms with Gasteiger partial charge >= 0.3 is 5.97 Å². The summed E-state index contributed by atoms with van der Waals surface area (Å²) in [5.74, 6) is -1.23. The predicted octanol–water partition coefficient (Wildman–Crippen LogP) is 0.324. The van der Waals surface area contributed by atoms with Gasteiger partial charge in [0.05, 0.1) is 12.8 Å². The fourth-order valence-corrected chi connectivity index (χ4v) is 1.58. The van der Waals surface area contributed by atoms with Crippen LogP contribution in [-0.2, 0) is 14.3 Å². The highest BCUT2D eigenvalue weighted by Crippen LogP contribution is 2.25. The number of nitrogens with zero attached hydrogens (tertiary/aromatic N) is 1. The van der Waals surface area contributed by atoms with Gasteiger partial charge in [-0.15, -0.1) is 0 Å². The van der Waals surface area contributed by atoms with Gasteiger partial charge in [-0.25, -0.2) is 4.79 Å². The third-order valence-electron chi connectivity index (χ3n) is 2.34. The van der Waals surface area contributed by atoms with Crippen molar-refractivity contribution in [1.29, 1.82) is 0 Å². The van der Waals surface area contributed by atoms with E-state index in [9.17, 15) is 14.7 Å². The minimum atomic E-state index is -0.591. The lowest BCUT2D eigenvalue weighted by Gasteiger charge is -2.05. The number of methoxy groups -OCH3 is 1. The van der Waals surface area contributed by atoms with E-state index in [4.69, 9.17) is 0 Å². The van der Waals surface area contributed by atoms with Crippen LogP contribution in [0.1, 0.15) is 6.42 Å². The van der Waals surface area contributed by atoms with Gasteiger partial charge in [-0.1, -0.05) is 0 Å². The van der Waals surface area contributed by atoms with Crippen LogP contribution in [0.5, 0.6) is 0 Å². The second kappa shape index (κ2) is 3.34. The Kier molecular flexibility index (Phi) is 2.15.